The van der Waals surface area contributed by atoms with Crippen LogP contribution in [0.4, 0.5) is 0 Å². The number of rotatable bonds is 9. The molecule has 0 fully saturated rings. The number of H-pyrrole nitrogens is 1. The number of hydrogen-bond acceptors (Lipinski definition) is 6. The minimum atomic E-state index is 0.662. The quantitative estimate of drug-likeness (QED) is 0.321. The molecule has 0 saturated carbocycles. The molecular weight excluding hydrogens is 436 g/mol. The second kappa shape index (κ2) is 10.1. The molecule has 5 aromatic rings. The first-order valence-electron chi connectivity index (χ1n) is 12.4. The van der Waals surface area contributed by atoms with Crippen molar-refractivity contribution in [3.05, 3.63) is 71.3 Å². The number of unbranched alkanes of at least 4 members (excludes halogenated alkanes) is 1. The van der Waals surface area contributed by atoms with Crippen molar-refractivity contribution in [3.63, 3.8) is 0 Å². The van der Waals surface area contributed by atoms with Gasteiger partial charge in [0, 0.05) is 18.5 Å². The summed E-state index contributed by atoms with van der Waals surface area (Å²) in [6.45, 7) is 7.22. The van der Waals surface area contributed by atoms with Crippen molar-refractivity contribution in [2.45, 2.75) is 59.4 Å². The summed E-state index contributed by atoms with van der Waals surface area (Å²) in [6, 6.07) is 16.9. The van der Waals surface area contributed by atoms with Gasteiger partial charge in [-0.15, -0.1) is 5.10 Å². The lowest BCUT2D eigenvalue weighted by atomic mass is 9.98. The SMILES string of the molecule is CCCCc1nc2c(CC)nnc(CC)c2n1Cc1ccc(-c2ccccc2-c2nnn[nH]2)cc1. The Morgan fingerprint density at radius 3 is 2.26 bits per heavy atom. The van der Waals surface area contributed by atoms with Crippen LogP contribution in [-0.2, 0) is 25.8 Å². The standard InChI is InChI=1S/C27H30N8/c1-4-7-12-24-28-25-22(5-2)29-30-23(6-3)26(25)35(24)17-18-13-15-19(16-14-18)20-10-8-9-11-21(20)27-31-33-34-32-27/h8-11,13-16H,4-7,12,17H2,1-3H3,(H,31,32,33,34). The van der Waals surface area contributed by atoms with Crippen molar-refractivity contribution < 1.29 is 0 Å². The molecule has 0 aliphatic rings. The van der Waals surface area contributed by atoms with Crippen LogP contribution in [0.3, 0.4) is 0 Å². The van der Waals surface area contributed by atoms with Gasteiger partial charge in [-0.3, -0.25) is 0 Å². The van der Waals surface area contributed by atoms with Gasteiger partial charge in [-0.25, -0.2) is 10.1 Å². The van der Waals surface area contributed by atoms with E-state index < -0.39 is 0 Å². The molecule has 1 N–H and O–H groups in total. The van der Waals surface area contributed by atoms with Crippen molar-refractivity contribution >= 4 is 11.0 Å². The van der Waals surface area contributed by atoms with Crippen LogP contribution >= 0.6 is 0 Å². The van der Waals surface area contributed by atoms with Crippen LogP contribution in [0.5, 0.6) is 0 Å². The fraction of sp³-hybridized carbons (Fsp3) is 0.333. The van der Waals surface area contributed by atoms with E-state index in [0.717, 1.165) is 83.6 Å². The monoisotopic (exact) mass is 466 g/mol. The lowest BCUT2D eigenvalue weighted by Gasteiger charge is -2.12. The second-order valence-corrected chi connectivity index (χ2v) is 8.71. The average Bonchev–Trinajstić information content (AvgIpc) is 3.56. The average molecular weight is 467 g/mol. The zero-order valence-corrected chi connectivity index (χ0v) is 20.5. The van der Waals surface area contributed by atoms with E-state index in [4.69, 9.17) is 4.98 Å². The maximum atomic E-state index is 5.07. The van der Waals surface area contributed by atoms with Crippen molar-refractivity contribution in [1.82, 2.24) is 40.4 Å². The van der Waals surface area contributed by atoms with E-state index in [-0.39, 0.29) is 0 Å². The molecule has 3 aromatic heterocycles. The minimum absolute atomic E-state index is 0.662. The van der Waals surface area contributed by atoms with Crippen LogP contribution < -0.4 is 0 Å². The molecule has 0 bridgehead atoms. The fourth-order valence-corrected chi connectivity index (χ4v) is 4.57. The summed E-state index contributed by atoms with van der Waals surface area (Å²) in [7, 11) is 0. The molecule has 8 heteroatoms. The van der Waals surface area contributed by atoms with Gasteiger partial charge in [0.25, 0.3) is 0 Å². The third-order valence-electron chi connectivity index (χ3n) is 6.44. The highest BCUT2D eigenvalue weighted by Gasteiger charge is 2.18. The van der Waals surface area contributed by atoms with E-state index in [9.17, 15) is 0 Å². The summed E-state index contributed by atoms with van der Waals surface area (Å²) in [5.74, 6) is 1.78. The Bertz CT molecular complexity index is 1420. The van der Waals surface area contributed by atoms with Crippen LogP contribution in [0, 0.1) is 0 Å². The minimum Gasteiger partial charge on any atom is -0.322 e. The Balaban J connectivity index is 1.53. The van der Waals surface area contributed by atoms with Crippen LogP contribution in [0.1, 0.15) is 56.4 Å². The van der Waals surface area contributed by atoms with Crippen molar-refractivity contribution in [3.8, 4) is 22.5 Å². The van der Waals surface area contributed by atoms with Gasteiger partial charge in [0.15, 0.2) is 5.82 Å². The molecule has 178 valence electrons. The number of aromatic amines is 1. The smallest absolute Gasteiger partial charge is 0.180 e. The molecular formula is C27H30N8. The molecule has 5 rings (SSSR count). The molecule has 0 radical (unpaired) electrons. The van der Waals surface area contributed by atoms with Gasteiger partial charge < -0.3 is 4.57 Å². The first-order chi connectivity index (χ1) is 17.2. The normalized spacial score (nSPS) is 11.4. The van der Waals surface area contributed by atoms with E-state index >= 15 is 0 Å². The summed E-state index contributed by atoms with van der Waals surface area (Å²) in [5, 5.41) is 23.4. The van der Waals surface area contributed by atoms with Crippen molar-refractivity contribution in [2.24, 2.45) is 0 Å². The molecule has 8 nitrogen and oxygen atoms in total. The van der Waals surface area contributed by atoms with Gasteiger partial charge in [-0.05, 0) is 46.4 Å². The molecule has 0 amide bonds. The number of aromatic nitrogens is 8. The van der Waals surface area contributed by atoms with Gasteiger partial charge in [0.05, 0.1) is 16.9 Å². The molecule has 35 heavy (non-hydrogen) atoms. The van der Waals surface area contributed by atoms with Gasteiger partial charge in [-0.1, -0.05) is 75.7 Å². The van der Waals surface area contributed by atoms with Crippen LogP contribution in [0.15, 0.2) is 48.5 Å². The predicted molar refractivity (Wildman–Crippen MR) is 137 cm³/mol. The van der Waals surface area contributed by atoms with Crippen LogP contribution in [0.25, 0.3) is 33.5 Å². The summed E-state index contributed by atoms with van der Waals surface area (Å²) >= 11 is 0. The van der Waals surface area contributed by atoms with E-state index in [1.807, 2.05) is 18.2 Å². The van der Waals surface area contributed by atoms with E-state index in [1.54, 1.807) is 0 Å². The molecule has 0 spiro atoms. The van der Waals surface area contributed by atoms with Crippen molar-refractivity contribution in [2.75, 3.05) is 0 Å². The Morgan fingerprint density at radius 2 is 1.57 bits per heavy atom. The first-order valence-corrected chi connectivity index (χ1v) is 12.4. The number of imidazole rings is 1. The van der Waals surface area contributed by atoms with Gasteiger partial charge in [-0.2, -0.15) is 10.2 Å². The third kappa shape index (κ3) is 4.43. The molecule has 0 aliphatic heterocycles. The molecule has 0 unspecified atom stereocenters. The second-order valence-electron chi connectivity index (χ2n) is 8.71. The Hall–Kier alpha value is -3.94. The topological polar surface area (TPSA) is 98.1 Å². The largest absolute Gasteiger partial charge is 0.322 e. The Kier molecular flexibility index (Phi) is 6.61. The highest BCUT2D eigenvalue weighted by Crippen LogP contribution is 2.30. The van der Waals surface area contributed by atoms with Crippen molar-refractivity contribution in [1.29, 1.82) is 0 Å². The summed E-state index contributed by atoms with van der Waals surface area (Å²) < 4.78 is 2.36. The summed E-state index contributed by atoms with van der Waals surface area (Å²) in [5.41, 5.74) is 8.55. The number of hydrogen-bond donors (Lipinski definition) is 1. The number of nitrogens with zero attached hydrogens (tertiary/aromatic N) is 7. The van der Waals surface area contributed by atoms with Gasteiger partial charge in [0.2, 0.25) is 0 Å². The Morgan fingerprint density at radius 1 is 0.829 bits per heavy atom. The third-order valence-corrected chi connectivity index (χ3v) is 6.44. The van der Waals surface area contributed by atoms with Gasteiger partial charge >= 0.3 is 0 Å². The number of tetrazole rings is 1. The van der Waals surface area contributed by atoms with Gasteiger partial charge in [0.1, 0.15) is 11.3 Å². The number of aryl methyl sites for hydroxylation is 3. The van der Waals surface area contributed by atoms with Crippen LogP contribution in [-0.4, -0.2) is 40.4 Å². The molecule has 0 aliphatic carbocycles. The number of nitrogens with one attached hydrogen (secondary N) is 1. The first kappa shape index (κ1) is 22.8. The maximum Gasteiger partial charge on any atom is 0.180 e. The lowest BCUT2D eigenvalue weighted by Crippen LogP contribution is -2.08. The predicted octanol–water partition coefficient (Wildman–Crippen LogP) is 5.19. The highest BCUT2D eigenvalue weighted by molar-refractivity contribution is 5.81. The summed E-state index contributed by atoms with van der Waals surface area (Å²) in [6.07, 6.45) is 4.86. The molecule has 2 aromatic carbocycles. The summed E-state index contributed by atoms with van der Waals surface area (Å²) in [4.78, 5) is 5.07. The molecule has 0 atom stereocenters. The van der Waals surface area contributed by atoms with E-state index in [0.29, 0.717) is 5.82 Å². The fourth-order valence-electron chi connectivity index (χ4n) is 4.57. The highest BCUT2D eigenvalue weighted by atomic mass is 15.5. The van der Waals surface area contributed by atoms with E-state index in [1.165, 1.54) is 5.56 Å². The maximum absolute atomic E-state index is 5.07. The Labute approximate surface area is 204 Å². The molecule has 0 saturated heterocycles. The lowest BCUT2D eigenvalue weighted by molar-refractivity contribution is 0.687. The molecule has 3 heterocycles. The number of benzene rings is 2. The zero-order chi connectivity index (χ0) is 24.2. The number of fused-ring (bicyclic) bond motifs is 1. The van der Waals surface area contributed by atoms with Crippen LogP contribution in [0.2, 0.25) is 0 Å². The zero-order valence-electron chi connectivity index (χ0n) is 20.5. The van der Waals surface area contributed by atoms with E-state index in [2.05, 4.69) is 86.5 Å².